The number of hydrogen-bond donors (Lipinski definition) is 3. The van der Waals surface area contributed by atoms with E-state index in [9.17, 15) is 5.11 Å². The Labute approximate surface area is 95.5 Å². The number of likely N-dealkylation sites (N-methyl/N-ethyl adjacent to an activating group) is 1. The zero-order valence-corrected chi connectivity index (χ0v) is 9.53. The first-order valence-corrected chi connectivity index (χ1v) is 5.74. The predicted octanol–water partition coefficient (Wildman–Crippen LogP) is 1.68. The van der Waals surface area contributed by atoms with Crippen molar-refractivity contribution in [3.63, 3.8) is 0 Å². The molecule has 0 amide bonds. The molecule has 0 radical (unpaired) electrons. The molecule has 16 heavy (non-hydrogen) atoms. The maximum absolute atomic E-state index is 9.26. The van der Waals surface area contributed by atoms with Crippen molar-refractivity contribution >= 4 is 10.9 Å². The Kier molecular flexibility index (Phi) is 3.59. The van der Waals surface area contributed by atoms with Gasteiger partial charge < -0.3 is 15.4 Å². The molecule has 1 atom stereocenters. The van der Waals surface area contributed by atoms with E-state index in [4.69, 9.17) is 0 Å². The summed E-state index contributed by atoms with van der Waals surface area (Å²) in [5.74, 6) is 0. The number of nitrogens with one attached hydrogen (secondary N) is 2. The summed E-state index contributed by atoms with van der Waals surface area (Å²) < 4.78 is 0. The summed E-state index contributed by atoms with van der Waals surface area (Å²) in [5.41, 5.74) is 2.42. The largest absolute Gasteiger partial charge is 0.395 e. The SMILES string of the molecule is CCNC(CO)Cc1c[nH]c2ccccc12. The van der Waals surface area contributed by atoms with Gasteiger partial charge in [-0.15, -0.1) is 0 Å². The third-order valence-electron chi connectivity index (χ3n) is 2.85. The number of rotatable bonds is 5. The molecule has 0 fully saturated rings. The van der Waals surface area contributed by atoms with E-state index in [0.717, 1.165) is 18.5 Å². The fourth-order valence-electron chi connectivity index (χ4n) is 2.06. The number of aliphatic hydroxyl groups is 1. The van der Waals surface area contributed by atoms with E-state index >= 15 is 0 Å². The Balaban J connectivity index is 2.20. The van der Waals surface area contributed by atoms with Crippen LogP contribution >= 0.6 is 0 Å². The van der Waals surface area contributed by atoms with Gasteiger partial charge in [-0.05, 0) is 24.6 Å². The summed E-state index contributed by atoms with van der Waals surface area (Å²) in [7, 11) is 0. The van der Waals surface area contributed by atoms with E-state index in [0.29, 0.717) is 0 Å². The average Bonchev–Trinajstić information content (AvgIpc) is 2.72. The Morgan fingerprint density at radius 1 is 1.38 bits per heavy atom. The molecule has 2 rings (SSSR count). The number of hydrogen-bond acceptors (Lipinski definition) is 2. The highest BCUT2D eigenvalue weighted by Crippen LogP contribution is 2.18. The van der Waals surface area contributed by atoms with Gasteiger partial charge >= 0.3 is 0 Å². The number of benzene rings is 1. The molecule has 1 aromatic heterocycles. The second-order valence-electron chi connectivity index (χ2n) is 4.00. The molecular weight excluding hydrogens is 200 g/mol. The molecule has 0 aliphatic heterocycles. The van der Waals surface area contributed by atoms with Gasteiger partial charge in [-0.1, -0.05) is 25.1 Å². The molecule has 3 heteroatoms. The van der Waals surface area contributed by atoms with Gasteiger partial charge in [0, 0.05) is 23.1 Å². The average molecular weight is 218 g/mol. The smallest absolute Gasteiger partial charge is 0.0587 e. The van der Waals surface area contributed by atoms with Gasteiger partial charge in [0.1, 0.15) is 0 Å². The topological polar surface area (TPSA) is 48.0 Å². The molecule has 1 heterocycles. The van der Waals surface area contributed by atoms with E-state index in [2.05, 4.69) is 29.4 Å². The van der Waals surface area contributed by atoms with Crippen LogP contribution in [0.15, 0.2) is 30.5 Å². The van der Waals surface area contributed by atoms with Crippen molar-refractivity contribution in [1.29, 1.82) is 0 Å². The minimum atomic E-state index is 0.143. The highest BCUT2D eigenvalue weighted by molar-refractivity contribution is 5.83. The normalized spacial score (nSPS) is 13.1. The number of fused-ring (bicyclic) bond motifs is 1. The van der Waals surface area contributed by atoms with Gasteiger partial charge in [-0.2, -0.15) is 0 Å². The van der Waals surface area contributed by atoms with Gasteiger partial charge in [0.15, 0.2) is 0 Å². The fraction of sp³-hybridized carbons (Fsp3) is 0.385. The van der Waals surface area contributed by atoms with E-state index in [1.54, 1.807) is 0 Å². The lowest BCUT2D eigenvalue weighted by Crippen LogP contribution is -2.34. The van der Waals surface area contributed by atoms with E-state index in [-0.39, 0.29) is 12.6 Å². The molecule has 0 aliphatic carbocycles. The maximum atomic E-state index is 9.26. The second-order valence-corrected chi connectivity index (χ2v) is 4.00. The minimum absolute atomic E-state index is 0.143. The third-order valence-corrected chi connectivity index (χ3v) is 2.85. The molecular formula is C13H18N2O. The number of aromatic amines is 1. The number of aliphatic hydroxyl groups excluding tert-OH is 1. The van der Waals surface area contributed by atoms with Crippen LogP contribution in [0.2, 0.25) is 0 Å². The summed E-state index contributed by atoms with van der Waals surface area (Å²) in [6.07, 6.45) is 2.89. The van der Waals surface area contributed by atoms with Crippen molar-refractivity contribution < 1.29 is 5.11 Å². The molecule has 86 valence electrons. The molecule has 3 N–H and O–H groups in total. The summed E-state index contributed by atoms with van der Waals surface area (Å²) in [6.45, 7) is 3.11. The van der Waals surface area contributed by atoms with Crippen LogP contribution in [0.4, 0.5) is 0 Å². The number of aromatic nitrogens is 1. The maximum Gasteiger partial charge on any atom is 0.0587 e. The van der Waals surface area contributed by atoms with Crippen LogP contribution in [0.25, 0.3) is 10.9 Å². The highest BCUT2D eigenvalue weighted by Gasteiger charge is 2.10. The third kappa shape index (κ3) is 2.26. The number of para-hydroxylation sites is 1. The minimum Gasteiger partial charge on any atom is -0.395 e. The highest BCUT2D eigenvalue weighted by atomic mass is 16.3. The zero-order chi connectivity index (χ0) is 11.4. The molecule has 0 bridgehead atoms. The van der Waals surface area contributed by atoms with E-state index in [1.165, 1.54) is 10.9 Å². The van der Waals surface area contributed by atoms with Crippen LogP contribution in [0.1, 0.15) is 12.5 Å². The predicted molar refractivity (Wildman–Crippen MR) is 66.6 cm³/mol. The van der Waals surface area contributed by atoms with Crippen molar-refractivity contribution in [2.24, 2.45) is 0 Å². The lowest BCUT2D eigenvalue weighted by molar-refractivity contribution is 0.243. The Morgan fingerprint density at radius 3 is 2.94 bits per heavy atom. The van der Waals surface area contributed by atoms with Crippen LogP contribution < -0.4 is 5.32 Å². The lowest BCUT2D eigenvalue weighted by atomic mass is 10.1. The van der Waals surface area contributed by atoms with Crippen LogP contribution in [0, 0.1) is 0 Å². The first kappa shape index (κ1) is 11.2. The van der Waals surface area contributed by atoms with Gasteiger partial charge in [0.05, 0.1) is 6.61 Å². The quantitative estimate of drug-likeness (QED) is 0.715. The summed E-state index contributed by atoms with van der Waals surface area (Å²) >= 11 is 0. The first-order valence-electron chi connectivity index (χ1n) is 5.74. The van der Waals surface area contributed by atoms with Crippen LogP contribution in [-0.2, 0) is 6.42 Å². The Hall–Kier alpha value is -1.32. The van der Waals surface area contributed by atoms with Crippen molar-refractivity contribution in [2.45, 2.75) is 19.4 Å². The van der Waals surface area contributed by atoms with Gasteiger partial charge in [-0.3, -0.25) is 0 Å². The van der Waals surface area contributed by atoms with Crippen LogP contribution in [-0.4, -0.2) is 29.3 Å². The Morgan fingerprint density at radius 2 is 2.19 bits per heavy atom. The van der Waals surface area contributed by atoms with Gasteiger partial charge in [-0.25, -0.2) is 0 Å². The molecule has 2 aromatic rings. The molecule has 3 nitrogen and oxygen atoms in total. The van der Waals surface area contributed by atoms with Crippen molar-refractivity contribution in [3.8, 4) is 0 Å². The monoisotopic (exact) mass is 218 g/mol. The van der Waals surface area contributed by atoms with Gasteiger partial charge in [0.2, 0.25) is 0 Å². The van der Waals surface area contributed by atoms with Crippen molar-refractivity contribution in [2.75, 3.05) is 13.2 Å². The van der Waals surface area contributed by atoms with E-state index in [1.807, 2.05) is 18.3 Å². The molecule has 0 saturated carbocycles. The second kappa shape index (κ2) is 5.14. The summed E-state index contributed by atoms with van der Waals surface area (Å²) in [4.78, 5) is 3.25. The Bertz CT molecular complexity index is 450. The summed E-state index contributed by atoms with van der Waals surface area (Å²) in [5, 5.41) is 13.8. The van der Waals surface area contributed by atoms with Crippen molar-refractivity contribution in [1.82, 2.24) is 10.3 Å². The number of H-pyrrole nitrogens is 1. The first-order chi connectivity index (χ1) is 7.85. The molecule has 0 saturated heterocycles. The fourth-order valence-corrected chi connectivity index (χ4v) is 2.06. The molecule has 1 unspecified atom stereocenters. The molecule has 0 aliphatic rings. The lowest BCUT2D eigenvalue weighted by Gasteiger charge is -2.14. The summed E-state index contributed by atoms with van der Waals surface area (Å²) in [6, 6.07) is 8.39. The van der Waals surface area contributed by atoms with Crippen LogP contribution in [0.5, 0.6) is 0 Å². The van der Waals surface area contributed by atoms with Crippen molar-refractivity contribution in [3.05, 3.63) is 36.0 Å². The van der Waals surface area contributed by atoms with E-state index < -0.39 is 0 Å². The standard InChI is InChI=1S/C13H18N2O/c1-2-14-11(9-16)7-10-8-15-13-6-4-3-5-12(10)13/h3-6,8,11,14-16H,2,7,9H2,1H3. The van der Waals surface area contributed by atoms with Gasteiger partial charge in [0.25, 0.3) is 0 Å². The van der Waals surface area contributed by atoms with Crippen LogP contribution in [0.3, 0.4) is 0 Å². The molecule has 1 aromatic carbocycles. The zero-order valence-electron chi connectivity index (χ0n) is 9.53. The molecule has 0 spiro atoms.